The van der Waals surface area contributed by atoms with Gasteiger partial charge in [0.2, 0.25) is 0 Å². The summed E-state index contributed by atoms with van der Waals surface area (Å²) in [4.78, 5) is 35.0. The van der Waals surface area contributed by atoms with Gasteiger partial charge in [-0.25, -0.2) is 4.79 Å². The molecule has 0 aliphatic heterocycles. The Morgan fingerprint density at radius 2 is 1.48 bits per heavy atom. The van der Waals surface area contributed by atoms with Crippen LogP contribution in [0.3, 0.4) is 0 Å². The van der Waals surface area contributed by atoms with Crippen LogP contribution in [0.1, 0.15) is 24.0 Å². The molecule has 2 unspecified atom stereocenters. The molecule has 0 saturated heterocycles. The van der Waals surface area contributed by atoms with Crippen molar-refractivity contribution in [3.05, 3.63) is 53.6 Å². The lowest BCUT2D eigenvalue weighted by atomic mass is 9.84. The molecule has 176 valence electrons. The summed E-state index contributed by atoms with van der Waals surface area (Å²) in [6.45, 7) is 0. The highest BCUT2D eigenvalue weighted by molar-refractivity contribution is 5.87. The number of carbonyl (C=O) groups is 3. The summed E-state index contributed by atoms with van der Waals surface area (Å²) in [5.74, 6) is -5.90. The van der Waals surface area contributed by atoms with Crippen LogP contribution in [-0.4, -0.2) is 65.4 Å². The number of hydrogen-bond donors (Lipinski definition) is 7. The first-order valence-corrected chi connectivity index (χ1v) is 9.47. The molecule has 11 heteroatoms. The molecule has 0 spiro atoms. The van der Waals surface area contributed by atoms with Crippen molar-refractivity contribution in [2.24, 2.45) is 0 Å². The van der Waals surface area contributed by atoms with Crippen LogP contribution in [0.4, 0.5) is 0 Å². The average molecular weight is 462 g/mol. The summed E-state index contributed by atoms with van der Waals surface area (Å²) in [6, 6.07) is 7.11. The van der Waals surface area contributed by atoms with Gasteiger partial charge in [-0.2, -0.15) is 0 Å². The summed E-state index contributed by atoms with van der Waals surface area (Å²) in [6.07, 6.45) is -2.18. The van der Waals surface area contributed by atoms with Gasteiger partial charge in [0.05, 0.1) is 12.8 Å². The van der Waals surface area contributed by atoms with E-state index < -0.39 is 66.1 Å². The zero-order chi connectivity index (χ0) is 24.8. The highest BCUT2D eigenvalue weighted by atomic mass is 16.6. The van der Waals surface area contributed by atoms with Crippen molar-refractivity contribution in [2.75, 3.05) is 0 Å². The number of phenolic OH excluding ortho intramolecular Hbond substituents is 4. The minimum absolute atomic E-state index is 0.149. The van der Waals surface area contributed by atoms with Crippen LogP contribution in [0, 0.1) is 0 Å². The van der Waals surface area contributed by atoms with Crippen molar-refractivity contribution >= 4 is 24.0 Å². The topological polar surface area (TPSA) is 202 Å². The minimum Gasteiger partial charge on any atom is -0.504 e. The van der Waals surface area contributed by atoms with E-state index in [2.05, 4.69) is 0 Å². The molecule has 0 fully saturated rings. The summed E-state index contributed by atoms with van der Waals surface area (Å²) in [7, 11) is 0. The molecule has 11 nitrogen and oxygen atoms in total. The first kappa shape index (κ1) is 25.0. The van der Waals surface area contributed by atoms with Crippen molar-refractivity contribution in [1.29, 1.82) is 0 Å². The molecule has 7 N–H and O–H groups in total. The SMILES string of the molecule is O=C(O)CC(OC(=O)C=Cc1ccc(O)c(O)c1)C(O)(CC(=O)O)Cc1ccc(O)c(O)c1. The number of phenols is 4. The quantitative estimate of drug-likeness (QED) is 0.153. The van der Waals surface area contributed by atoms with E-state index >= 15 is 0 Å². The number of carboxylic acid groups (broad SMARTS) is 2. The van der Waals surface area contributed by atoms with Crippen LogP contribution >= 0.6 is 0 Å². The van der Waals surface area contributed by atoms with Crippen molar-refractivity contribution in [3.8, 4) is 23.0 Å². The zero-order valence-corrected chi connectivity index (χ0v) is 17.1. The molecule has 2 aromatic carbocycles. The second-order valence-corrected chi connectivity index (χ2v) is 7.28. The average Bonchev–Trinajstić information content (AvgIpc) is 2.70. The van der Waals surface area contributed by atoms with Crippen molar-refractivity contribution in [3.63, 3.8) is 0 Å². The van der Waals surface area contributed by atoms with E-state index in [4.69, 9.17) is 4.74 Å². The van der Waals surface area contributed by atoms with Gasteiger partial charge in [0.25, 0.3) is 0 Å². The number of aliphatic carboxylic acids is 2. The van der Waals surface area contributed by atoms with E-state index in [1.807, 2.05) is 0 Å². The minimum atomic E-state index is -2.38. The van der Waals surface area contributed by atoms with E-state index in [0.717, 1.165) is 24.3 Å². The van der Waals surface area contributed by atoms with Crippen LogP contribution in [-0.2, 0) is 25.5 Å². The predicted octanol–water partition coefficient (Wildman–Crippen LogP) is 1.36. The highest BCUT2D eigenvalue weighted by Gasteiger charge is 2.43. The van der Waals surface area contributed by atoms with E-state index in [0.29, 0.717) is 0 Å². The number of aromatic hydroxyl groups is 4. The van der Waals surface area contributed by atoms with Crippen molar-refractivity contribution in [1.82, 2.24) is 0 Å². The van der Waals surface area contributed by atoms with Crippen LogP contribution in [0.25, 0.3) is 6.08 Å². The lowest BCUT2D eigenvalue weighted by Crippen LogP contribution is -2.49. The number of rotatable bonds is 10. The van der Waals surface area contributed by atoms with Gasteiger partial charge < -0.3 is 40.5 Å². The third-order valence-electron chi connectivity index (χ3n) is 4.64. The summed E-state index contributed by atoms with van der Waals surface area (Å²) in [5.41, 5.74) is -1.94. The molecule has 0 heterocycles. The molecular weight excluding hydrogens is 440 g/mol. The molecule has 0 bridgehead atoms. The number of carbonyl (C=O) groups excluding carboxylic acids is 1. The molecule has 33 heavy (non-hydrogen) atoms. The number of benzene rings is 2. The Morgan fingerprint density at radius 3 is 2.03 bits per heavy atom. The Bertz CT molecular complexity index is 1080. The third-order valence-corrected chi connectivity index (χ3v) is 4.64. The maximum absolute atomic E-state index is 12.3. The van der Waals surface area contributed by atoms with Crippen molar-refractivity contribution in [2.45, 2.75) is 31.0 Å². The predicted molar refractivity (Wildman–Crippen MR) is 112 cm³/mol. The molecule has 0 radical (unpaired) electrons. The standard InChI is InChI=1S/C22H22O11/c23-14-4-1-12(7-16(14)25)3-6-21(31)33-18(9-19(27)28)22(32,11-20(29)30)10-13-2-5-15(24)17(26)8-13/h1-8,18,23-26,32H,9-11H2,(H,27,28)(H,29,30). The zero-order valence-electron chi connectivity index (χ0n) is 17.1. The third kappa shape index (κ3) is 7.14. The largest absolute Gasteiger partial charge is 0.504 e. The van der Waals surface area contributed by atoms with Gasteiger partial charge in [-0.15, -0.1) is 0 Å². The first-order chi connectivity index (χ1) is 15.4. The van der Waals surface area contributed by atoms with Gasteiger partial charge in [0.1, 0.15) is 11.7 Å². The molecule has 0 aliphatic carbocycles. The maximum Gasteiger partial charge on any atom is 0.331 e. The van der Waals surface area contributed by atoms with Crippen molar-refractivity contribution < 1.29 is 54.9 Å². The Balaban J connectivity index is 2.31. The first-order valence-electron chi connectivity index (χ1n) is 9.47. The summed E-state index contributed by atoms with van der Waals surface area (Å²) >= 11 is 0. The summed E-state index contributed by atoms with van der Waals surface area (Å²) in [5, 5.41) is 67.4. The van der Waals surface area contributed by atoms with E-state index in [1.165, 1.54) is 24.3 Å². The van der Waals surface area contributed by atoms with E-state index in [-0.39, 0.29) is 16.9 Å². The van der Waals surface area contributed by atoms with Gasteiger partial charge in [-0.1, -0.05) is 12.1 Å². The molecule has 0 saturated carbocycles. The Hall–Kier alpha value is -4.25. The number of hydrogen-bond acceptors (Lipinski definition) is 9. The maximum atomic E-state index is 12.3. The van der Waals surface area contributed by atoms with Gasteiger partial charge in [0, 0.05) is 12.5 Å². The fourth-order valence-corrected chi connectivity index (χ4v) is 3.07. The smallest absolute Gasteiger partial charge is 0.331 e. The van der Waals surface area contributed by atoms with Crippen LogP contribution in [0.2, 0.25) is 0 Å². The number of carboxylic acids is 2. The second-order valence-electron chi connectivity index (χ2n) is 7.28. The molecule has 2 aromatic rings. The van der Waals surface area contributed by atoms with Gasteiger partial charge in [0.15, 0.2) is 23.0 Å². The number of aliphatic hydroxyl groups is 1. The fraction of sp³-hybridized carbons (Fsp3) is 0.227. The highest BCUT2D eigenvalue weighted by Crippen LogP contribution is 2.31. The molecule has 2 atom stereocenters. The van der Waals surface area contributed by atoms with Gasteiger partial charge >= 0.3 is 17.9 Å². The van der Waals surface area contributed by atoms with Gasteiger partial charge in [-0.05, 0) is 41.5 Å². The number of ether oxygens (including phenoxy) is 1. The van der Waals surface area contributed by atoms with E-state index in [1.54, 1.807) is 0 Å². The Kier molecular flexibility index (Phi) is 7.86. The molecular formula is C22H22O11. The Labute approximate surface area is 187 Å². The molecule has 0 aromatic heterocycles. The van der Waals surface area contributed by atoms with Crippen LogP contribution in [0.5, 0.6) is 23.0 Å². The lowest BCUT2D eigenvalue weighted by Gasteiger charge is -2.34. The Morgan fingerprint density at radius 1 is 0.879 bits per heavy atom. The molecule has 2 rings (SSSR count). The normalized spacial score (nSPS) is 13.8. The van der Waals surface area contributed by atoms with Crippen LogP contribution in [0.15, 0.2) is 42.5 Å². The second kappa shape index (κ2) is 10.4. The summed E-state index contributed by atoms with van der Waals surface area (Å²) < 4.78 is 5.09. The van der Waals surface area contributed by atoms with E-state index in [9.17, 15) is 50.1 Å². The molecule has 0 amide bonds. The molecule has 0 aliphatic rings. The number of esters is 1. The van der Waals surface area contributed by atoms with Crippen LogP contribution < -0.4 is 0 Å². The monoisotopic (exact) mass is 462 g/mol. The lowest BCUT2D eigenvalue weighted by molar-refractivity contribution is -0.172. The fourth-order valence-electron chi connectivity index (χ4n) is 3.07. The van der Waals surface area contributed by atoms with Gasteiger partial charge in [-0.3, -0.25) is 9.59 Å².